The van der Waals surface area contributed by atoms with Gasteiger partial charge in [0, 0.05) is 12.7 Å². The smallest absolute Gasteiger partial charge is 0.0826 e. The second-order valence-electron chi connectivity index (χ2n) is 5.97. The van der Waals surface area contributed by atoms with Gasteiger partial charge < -0.3 is 0 Å². The van der Waals surface area contributed by atoms with Crippen molar-refractivity contribution in [1.29, 1.82) is 0 Å². The number of aromatic nitrogens is 3. The average Bonchev–Trinajstić information content (AvgIpc) is 2.97. The van der Waals surface area contributed by atoms with Gasteiger partial charge in [0.05, 0.1) is 22.3 Å². The van der Waals surface area contributed by atoms with Gasteiger partial charge in [0.25, 0.3) is 0 Å². The van der Waals surface area contributed by atoms with Crippen molar-refractivity contribution in [3.05, 3.63) is 40.7 Å². The highest BCUT2D eigenvalue weighted by atomic mass is 32.1. The topological polar surface area (TPSA) is 41.9 Å². The van der Waals surface area contributed by atoms with Crippen LogP contribution in [-0.4, -0.2) is 26.0 Å². The van der Waals surface area contributed by atoms with Gasteiger partial charge in [-0.15, -0.1) is 5.10 Å². The predicted octanol–water partition coefficient (Wildman–Crippen LogP) is 3.78. The van der Waals surface area contributed by atoms with E-state index in [4.69, 9.17) is 0 Å². The van der Waals surface area contributed by atoms with Crippen LogP contribution in [0.15, 0.2) is 24.4 Å². The Labute approximate surface area is 130 Å². The molecule has 0 saturated carbocycles. The summed E-state index contributed by atoms with van der Waals surface area (Å²) in [6.07, 6.45) is 5.65. The normalized spacial score (nSPS) is 20.0. The molecule has 2 aromatic rings. The third kappa shape index (κ3) is 3.30. The standard InChI is InChI=1S/C16H22N4S/c1-12(2)16-15(21-19-18-16)11-20-10-6-4-8-14(20)13-7-3-5-9-17-13/h3,5,7,9,12,14H,4,6,8,10-11H2,1-2H3/t14-/m0/s1. The van der Waals surface area contributed by atoms with Crippen molar-refractivity contribution < 1.29 is 0 Å². The van der Waals surface area contributed by atoms with Crippen LogP contribution in [0.25, 0.3) is 0 Å². The fraction of sp³-hybridized carbons (Fsp3) is 0.562. The van der Waals surface area contributed by atoms with E-state index < -0.39 is 0 Å². The van der Waals surface area contributed by atoms with E-state index in [1.807, 2.05) is 12.3 Å². The summed E-state index contributed by atoms with van der Waals surface area (Å²) in [6.45, 7) is 6.46. The first-order chi connectivity index (χ1) is 10.3. The molecule has 0 unspecified atom stereocenters. The SMILES string of the molecule is CC(C)c1nnsc1CN1CCCC[C@H]1c1ccccn1. The minimum atomic E-state index is 0.432. The maximum Gasteiger partial charge on any atom is 0.0826 e. The van der Waals surface area contributed by atoms with Crippen molar-refractivity contribution >= 4 is 11.5 Å². The molecule has 5 heteroatoms. The molecular formula is C16H22N4S. The van der Waals surface area contributed by atoms with Crippen molar-refractivity contribution in [3.63, 3.8) is 0 Å². The summed E-state index contributed by atoms with van der Waals surface area (Å²) < 4.78 is 4.16. The van der Waals surface area contributed by atoms with E-state index in [1.54, 1.807) is 11.5 Å². The van der Waals surface area contributed by atoms with Crippen molar-refractivity contribution in [2.45, 2.75) is 51.6 Å². The largest absolute Gasteiger partial charge is 0.290 e. The van der Waals surface area contributed by atoms with E-state index in [9.17, 15) is 0 Å². The second kappa shape index (κ2) is 6.62. The monoisotopic (exact) mass is 302 g/mol. The van der Waals surface area contributed by atoms with Crippen LogP contribution in [0.1, 0.15) is 61.3 Å². The fourth-order valence-corrected chi connectivity index (χ4v) is 3.86. The highest BCUT2D eigenvalue weighted by Gasteiger charge is 2.26. The molecule has 0 N–H and O–H groups in total. The Morgan fingerprint density at radius 3 is 3.00 bits per heavy atom. The molecule has 0 spiro atoms. The number of hydrogen-bond acceptors (Lipinski definition) is 5. The first-order valence-corrected chi connectivity index (χ1v) is 8.49. The lowest BCUT2D eigenvalue weighted by molar-refractivity contribution is 0.138. The van der Waals surface area contributed by atoms with Crippen LogP contribution in [0.5, 0.6) is 0 Å². The molecule has 1 atom stereocenters. The average molecular weight is 302 g/mol. The molecule has 0 radical (unpaired) electrons. The summed E-state index contributed by atoms with van der Waals surface area (Å²) >= 11 is 1.55. The van der Waals surface area contributed by atoms with Crippen LogP contribution in [-0.2, 0) is 6.54 Å². The Bertz CT molecular complexity index is 567. The summed E-state index contributed by atoms with van der Waals surface area (Å²) in [5, 5.41) is 4.31. The van der Waals surface area contributed by atoms with Crippen LogP contribution in [0.4, 0.5) is 0 Å². The molecular weight excluding hydrogens is 280 g/mol. The maximum absolute atomic E-state index is 4.57. The molecule has 112 valence electrons. The highest BCUT2D eigenvalue weighted by Crippen LogP contribution is 2.32. The summed E-state index contributed by atoms with van der Waals surface area (Å²) in [5.74, 6) is 0.442. The van der Waals surface area contributed by atoms with Gasteiger partial charge in [-0.05, 0) is 49.0 Å². The van der Waals surface area contributed by atoms with Gasteiger partial charge >= 0.3 is 0 Å². The lowest BCUT2D eigenvalue weighted by Crippen LogP contribution is -2.33. The summed E-state index contributed by atoms with van der Waals surface area (Å²) in [7, 11) is 0. The molecule has 0 aliphatic carbocycles. The van der Waals surface area contributed by atoms with Crippen molar-refractivity contribution in [2.75, 3.05) is 6.54 Å². The van der Waals surface area contributed by atoms with Gasteiger partial charge in [-0.25, -0.2) is 0 Å². The molecule has 1 saturated heterocycles. The number of nitrogens with zero attached hydrogens (tertiary/aromatic N) is 4. The zero-order valence-corrected chi connectivity index (χ0v) is 13.5. The van der Waals surface area contributed by atoms with E-state index in [-0.39, 0.29) is 0 Å². The first kappa shape index (κ1) is 14.6. The minimum absolute atomic E-state index is 0.432. The maximum atomic E-state index is 4.57. The second-order valence-corrected chi connectivity index (χ2v) is 6.81. The zero-order chi connectivity index (χ0) is 14.7. The van der Waals surface area contributed by atoms with E-state index in [2.05, 4.69) is 45.5 Å². The Morgan fingerprint density at radius 2 is 2.24 bits per heavy atom. The summed E-state index contributed by atoms with van der Waals surface area (Å²) in [4.78, 5) is 8.43. The van der Waals surface area contributed by atoms with Crippen molar-refractivity contribution in [3.8, 4) is 0 Å². The molecule has 2 aromatic heterocycles. The van der Waals surface area contributed by atoms with Gasteiger partial charge in [0.15, 0.2) is 0 Å². The van der Waals surface area contributed by atoms with E-state index in [0.717, 1.165) is 18.8 Å². The van der Waals surface area contributed by atoms with E-state index in [0.29, 0.717) is 12.0 Å². The zero-order valence-electron chi connectivity index (χ0n) is 12.7. The Balaban J connectivity index is 1.80. The number of hydrogen-bond donors (Lipinski definition) is 0. The Morgan fingerprint density at radius 1 is 1.33 bits per heavy atom. The molecule has 1 aliphatic rings. The molecule has 21 heavy (non-hydrogen) atoms. The predicted molar refractivity (Wildman–Crippen MR) is 85.2 cm³/mol. The minimum Gasteiger partial charge on any atom is -0.290 e. The van der Waals surface area contributed by atoms with Crippen LogP contribution in [0.2, 0.25) is 0 Å². The molecule has 0 amide bonds. The van der Waals surface area contributed by atoms with Gasteiger partial charge in [-0.2, -0.15) is 0 Å². The van der Waals surface area contributed by atoms with Crippen molar-refractivity contribution in [1.82, 2.24) is 19.5 Å². The highest BCUT2D eigenvalue weighted by molar-refractivity contribution is 7.05. The molecule has 3 heterocycles. The van der Waals surface area contributed by atoms with Crippen LogP contribution < -0.4 is 0 Å². The molecule has 1 fully saturated rings. The van der Waals surface area contributed by atoms with Crippen molar-refractivity contribution in [2.24, 2.45) is 0 Å². The van der Waals surface area contributed by atoms with Crippen LogP contribution in [0, 0.1) is 0 Å². The molecule has 0 aromatic carbocycles. The Hall–Kier alpha value is -1.33. The number of pyridine rings is 1. The lowest BCUT2D eigenvalue weighted by Gasteiger charge is -2.35. The van der Waals surface area contributed by atoms with Gasteiger partial charge in [-0.3, -0.25) is 9.88 Å². The Kier molecular flexibility index (Phi) is 4.60. The van der Waals surface area contributed by atoms with E-state index in [1.165, 1.54) is 29.8 Å². The first-order valence-electron chi connectivity index (χ1n) is 7.72. The lowest BCUT2D eigenvalue weighted by atomic mass is 9.98. The third-order valence-corrected chi connectivity index (χ3v) is 4.84. The number of likely N-dealkylation sites (tertiary alicyclic amines) is 1. The third-order valence-electron chi connectivity index (χ3n) is 4.12. The van der Waals surface area contributed by atoms with E-state index >= 15 is 0 Å². The van der Waals surface area contributed by atoms with Gasteiger partial charge in [-0.1, -0.05) is 30.8 Å². The fourth-order valence-electron chi connectivity index (χ4n) is 3.04. The summed E-state index contributed by atoms with van der Waals surface area (Å²) in [6, 6.07) is 6.66. The van der Waals surface area contributed by atoms with Gasteiger partial charge in [0.1, 0.15) is 0 Å². The molecule has 3 rings (SSSR count). The number of piperidine rings is 1. The van der Waals surface area contributed by atoms with Gasteiger partial charge in [0.2, 0.25) is 0 Å². The molecule has 1 aliphatic heterocycles. The van der Waals surface area contributed by atoms with Crippen LogP contribution in [0.3, 0.4) is 0 Å². The molecule has 4 nitrogen and oxygen atoms in total. The number of rotatable bonds is 4. The molecule has 0 bridgehead atoms. The summed E-state index contributed by atoms with van der Waals surface area (Å²) in [5.41, 5.74) is 2.35. The van der Waals surface area contributed by atoms with Crippen LogP contribution >= 0.6 is 11.5 Å². The quantitative estimate of drug-likeness (QED) is 0.862.